The Labute approximate surface area is 349 Å². The van der Waals surface area contributed by atoms with E-state index < -0.39 is 120 Å². The van der Waals surface area contributed by atoms with Crippen molar-refractivity contribution in [3.63, 3.8) is 0 Å². The molecule has 21 atom stereocenters. The van der Waals surface area contributed by atoms with Crippen LogP contribution in [0.2, 0.25) is 0 Å². The highest BCUT2D eigenvalue weighted by atomic mass is 16.7. The van der Waals surface area contributed by atoms with Gasteiger partial charge in [0, 0.05) is 6.92 Å². The highest BCUT2D eigenvalue weighted by Crippen LogP contribution is 2.76. The first-order valence-corrected chi connectivity index (χ1v) is 21.8. The Hall–Kier alpha value is -1.31. The van der Waals surface area contributed by atoms with Gasteiger partial charge in [0.15, 0.2) is 12.6 Å². The van der Waals surface area contributed by atoms with Crippen LogP contribution in [0, 0.1) is 45.3 Å². The summed E-state index contributed by atoms with van der Waals surface area (Å²) in [6, 6.07) is 0. The average Bonchev–Trinajstić information content (AvgIpc) is 3.54. The fraction of sp³-hybridized carbons (Fsp3) is 0.932. The van der Waals surface area contributed by atoms with E-state index in [4.69, 9.17) is 23.7 Å². The standard InChI is InChI=1S/C44H74O15/c1-21(2)11-10-14-44(9,59-39-36(54)33(51)31(49)26(19-45)57-39)23-12-16-42(7)30(23)24(47)17-28-41(6)15-13-29(48)40(4,5)37(41)25(18-43(28,42)8)56-38-35(53)34(52)32(50)27(58-38)20-55-22(3)46/h11,23-39,45,47-54H,10,12-20H2,1-9H3/t23-,24+,25-,26+,27+,28+,29-,30-,31+,32+,33-,34-,35+,36+,37+,38-,39+,41+,42+,43+,44-/m0/s1. The van der Waals surface area contributed by atoms with Crippen LogP contribution >= 0.6 is 0 Å². The zero-order valence-corrected chi connectivity index (χ0v) is 36.4. The fourth-order valence-corrected chi connectivity index (χ4v) is 13.6. The van der Waals surface area contributed by atoms with Crippen molar-refractivity contribution in [1.82, 2.24) is 0 Å². The Bertz CT molecular complexity index is 1520. The highest BCUT2D eigenvalue weighted by molar-refractivity contribution is 5.65. The predicted octanol–water partition coefficient (Wildman–Crippen LogP) is 1.69. The van der Waals surface area contributed by atoms with E-state index in [9.17, 15) is 50.8 Å². The van der Waals surface area contributed by atoms with Crippen LogP contribution < -0.4 is 0 Å². The molecular formula is C44H74O15. The van der Waals surface area contributed by atoms with E-state index in [1.165, 1.54) is 6.92 Å². The molecule has 4 saturated carbocycles. The van der Waals surface area contributed by atoms with Crippen LogP contribution in [0.5, 0.6) is 0 Å². The van der Waals surface area contributed by atoms with Gasteiger partial charge in [-0.25, -0.2) is 0 Å². The Kier molecular flexibility index (Phi) is 13.6. The van der Waals surface area contributed by atoms with Gasteiger partial charge in [-0.3, -0.25) is 4.79 Å². The van der Waals surface area contributed by atoms with Crippen LogP contribution in [-0.4, -0.2) is 150 Å². The van der Waals surface area contributed by atoms with E-state index in [2.05, 4.69) is 26.8 Å². The van der Waals surface area contributed by atoms with Gasteiger partial charge in [-0.1, -0.05) is 46.3 Å². The van der Waals surface area contributed by atoms with Crippen LogP contribution in [0.4, 0.5) is 0 Å². The van der Waals surface area contributed by atoms with E-state index in [1.54, 1.807) is 0 Å². The molecule has 4 aliphatic carbocycles. The SMILES string of the molecule is CC(=O)OC[C@H]1O[C@H](O[C@H]2C[C@]3(C)[C@H](C[C@@H](O)[C@@H]4[C@@H]([C@](C)(CCC=C(C)C)O[C@H]5O[C@H](CO)[C@@H](O)[C@H](O)[C@H]5O)CC[C@]43C)[C@@]3(C)CC[C@H](O)C(C)(C)[C@@H]23)[C@H](O)[C@@H](O)[C@@H]1O. The van der Waals surface area contributed by atoms with Gasteiger partial charge in [0.05, 0.1) is 30.5 Å². The molecule has 0 aromatic heterocycles. The zero-order valence-electron chi connectivity index (χ0n) is 36.4. The molecule has 0 aromatic rings. The Morgan fingerprint density at radius 2 is 1.41 bits per heavy atom. The molecule has 0 radical (unpaired) electrons. The number of aliphatic hydroxyl groups is 9. The third kappa shape index (κ3) is 7.99. The number of esters is 1. The fourth-order valence-electron chi connectivity index (χ4n) is 13.6. The maximum atomic E-state index is 12.6. The normalized spacial score (nSPS) is 50.4. The first kappa shape index (κ1) is 47.2. The maximum absolute atomic E-state index is 12.6. The lowest BCUT2D eigenvalue weighted by Crippen LogP contribution is -2.71. The van der Waals surface area contributed by atoms with Crippen molar-refractivity contribution in [3.05, 3.63) is 11.6 Å². The van der Waals surface area contributed by atoms with Gasteiger partial charge in [0.2, 0.25) is 0 Å². The molecule has 0 spiro atoms. The first-order valence-electron chi connectivity index (χ1n) is 21.8. The predicted molar refractivity (Wildman–Crippen MR) is 212 cm³/mol. The molecule has 6 aliphatic rings. The van der Waals surface area contributed by atoms with Gasteiger partial charge in [-0.2, -0.15) is 0 Å². The summed E-state index contributed by atoms with van der Waals surface area (Å²) >= 11 is 0. The average molecular weight is 843 g/mol. The number of hydrogen-bond donors (Lipinski definition) is 9. The molecule has 2 heterocycles. The number of carbonyl (C=O) groups is 1. The van der Waals surface area contributed by atoms with Crippen molar-refractivity contribution in [3.8, 4) is 0 Å². The third-order valence-corrected chi connectivity index (χ3v) is 16.9. The van der Waals surface area contributed by atoms with Crippen molar-refractivity contribution in [2.75, 3.05) is 13.2 Å². The van der Waals surface area contributed by atoms with E-state index in [-0.39, 0.29) is 30.3 Å². The van der Waals surface area contributed by atoms with Crippen molar-refractivity contribution >= 4 is 5.97 Å². The monoisotopic (exact) mass is 843 g/mol. The van der Waals surface area contributed by atoms with E-state index in [1.807, 2.05) is 34.6 Å². The topological polar surface area (TPSA) is 245 Å². The molecular weight excluding hydrogens is 768 g/mol. The zero-order chi connectivity index (χ0) is 43.8. The lowest BCUT2D eigenvalue weighted by molar-refractivity contribution is -0.349. The second-order valence-electron chi connectivity index (χ2n) is 20.9. The van der Waals surface area contributed by atoms with Gasteiger partial charge in [0.1, 0.15) is 55.4 Å². The number of hydrogen-bond acceptors (Lipinski definition) is 15. The summed E-state index contributed by atoms with van der Waals surface area (Å²) < 4.78 is 30.8. The van der Waals surface area contributed by atoms with Crippen LogP contribution in [-0.2, 0) is 28.5 Å². The van der Waals surface area contributed by atoms with Gasteiger partial charge < -0.3 is 69.6 Å². The van der Waals surface area contributed by atoms with Crippen LogP contribution in [0.3, 0.4) is 0 Å². The lowest BCUT2D eigenvalue weighted by Gasteiger charge is -2.72. The largest absolute Gasteiger partial charge is 0.463 e. The second-order valence-corrected chi connectivity index (χ2v) is 20.9. The van der Waals surface area contributed by atoms with Crippen LogP contribution in [0.25, 0.3) is 0 Å². The summed E-state index contributed by atoms with van der Waals surface area (Å²) in [5.74, 6) is -1.46. The second kappa shape index (κ2) is 17.0. The lowest BCUT2D eigenvalue weighted by atomic mass is 9.34. The molecule has 59 heavy (non-hydrogen) atoms. The summed E-state index contributed by atoms with van der Waals surface area (Å²) in [6.07, 6.45) is -9.91. The van der Waals surface area contributed by atoms with Crippen molar-refractivity contribution in [2.45, 2.75) is 199 Å². The van der Waals surface area contributed by atoms with Crippen molar-refractivity contribution in [1.29, 1.82) is 0 Å². The third-order valence-electron chi connectivity index (χ3n) is 16.9. The number of aliphatic hydroxyl groups excluding tert-OH is 9. The van der Waals surface area contributed by atoms with E-state index in [0.717, 1.165) is 5.57 Å². The minimum atomic E-state index is -1.65. The van der Waals surface area contributed by atoms with Gasteiger partial charge in [-0.05, 0) is 117 Å². The molecule has 0 unspecified atom stereocenters. The molecule has 0 amide bonds. The number of rotatable bonds is 11. The van der Waals surface area contributed by atoms with E-state index in [0.29, 0.717) is 51.4 Å². The van der Waals surface area contributed by atoms with Crippen molar-refractivity contribution < 1.29 is 74.4 Å². The van der Waals surface area contributed by atoms with Gasteiger partial charge in [-0.15, -0.1) is 0 Å². The first-order chi connectivity index (χ1) is 27.4. The minimum absolute atomic E-state index is 0.0220. The van der Waals surface area contributed by atoms with Crippen LogP contribution in [0.15, 0.2) is 11.6 Å². The number of allylic oxidation sites excluding steroid dienone is 2. The Morgan fingerprint density at radius 3 is 2.02 bits per heavy atom. The van der Waals surface area contributed by atoms with Gasteiger partial charge >= 0.3 is 5.97 Å². The number of fused-ring (bicyclic) bond motifs is 5. The maximum Gasteiger partial charge on any atom is 0.302 e. The molecule has 2 saturated heterocycles. The molecule has 340 valence electrons. The summed E-state index contributed by atoms with van der Waals surface area (Å²) in [4.78, 5) is 11.7. The van der Waals surface area contributed by atoms with Gasteiger partial charge in [0.25, 0.3) is 0 Å². The summed E-state index contributed by atoms with van der Waals surface area (Å²) in [5.41, 5.74) is -2.05. The molecule has 2 aliphatic heterocycles. The molecule has 0 aromatic carbocycles. The van der Waals surface area contributed by atoms with Crippen molar-refractivity contribution in [2.24, 2.45) is 45.3 Å². The highest BCUT2D eigenvalue weighted by Gasteiger charge is 2.74. The molecule has 6 rings (SSSR count). The molecule has 15 nitrogen and oxygen atoms in total. The molecule has 0 bridgehead atoms. The summed E-state index contributed by atoms with van der Waals surface area (Å²) in [7, 11) is 0. The minimum Gasteiger partial charge on any atom is -0.463 e. The Morgan fingerprint density at radius 1 is 0.797 bits per heavy atom. The molecule has 15 heteroatoms. The number of ether oxygens (including phenoxy) is 5. The van der Waals surface area contributed by atoms with E-state index >= 15 is 0 Å². The number of carbonyl (C=O) groups excluding carboxylic acids is 1. The summed E-state index contributed by atoms with van der Waals surface area (Å²) in [6.45, 7) is 17.1. The molecule has 9 N–H and O–H groups in total. The Balaban J connectivity index is 1.38. The molecule has 6 fully saturated rings. The quantitative estimate of drug-likeness (QED) is 0.0817. The smallest absolute Gasteiger partial charge is 0.302 e. The van der Waals surface area contributed by atoms with Crippen LogP contribution in [0.1, 0.15) is 114 Å². The summed E-state index contributed by atoms with van der Waals surface area (Å²) in [5, 5.41) is 99.6.